The van der Waals surface area contributed by atoms with Gasteiger partial charge in [-0.05, 0) is 68.3 Å². The Labute approximate surface area is 206 Å². The predicted molar refractivity (Wildman–Crippen MR) is 135 cm³/mol. The summed E-state index contributed by atoms with van der Waals surface area (Å²) in [7, 11) is 0. The predicted octanol–water partition coefficient (Wildman–Crippen LogP) is 6.87. The molecule has 6 nitrogen and oxygen atoms in total. The molecule has 0 spiro atoms. The van der Waals surface area contributed by atoms with E-state index in [-0.39, 0.29) is 12.1 Å². The summed E-state index contributed by atoms with van der Waals surface area (Å²) in [6.07, 6.45) is -2.10. The molecule has 36 heavy (non-hydrogen) atoms. The number of nitrogens with zero attached hydrogens (tertiary/aromatic N) is 3. The molecular formula is C27H24F3N5O. The summed E-state index contributed by atoms with van der Waals surface area (Å²) in [6, 6.07) is 15.4. The van der Waals surface area contributed by atoms with Crippen LogP contribution in [0.3, 0.4) is 0 Å². The van der Waals surface area contributed by atoms with Crippen molar-refractivity contribution in [1.29, 1.82) is 0 Å². The molecule has 2 amide bonds. The van der Waals surface area contributed by atoms with Crippen molar-refractivity contribution < 1.29 is 18.0 Å². The smallest absolute Gasteiger partial charge is 0.382 e. The molecule has 0 unspecified atom stereocenters. The molecule has 5 rings (SSSR count). The zero-order valence-electron chi connectivity index (χ0n) is 19.7. The second-order valence-electron chi connectivity index (χ2n) is 8.84. The van der Waals surface area contributed by atoms with Gasteiger partial charge in [-0.15, -0.1) is 0 Å². The number of amides is 2. The van der Waals surface area contributed by atoms with Gasteiger partial charge in [-0.3, -0.25) is 9.88 Å². The fraction of sp³-hybridized carbons (Fsp3) is 0.222. The molecule has 0 bridgehead atoms. The van der Waals surface area contributed by atoms with E-state index in [1.807, 2.05) is 38.1 Å². The van der Waals surface area contributed by atoms with E-state index in [4.69, 9.17) is 0 Å². The van der Waals surface area contributed by atoms with Gasteiger partial charge in [0.2, 0.25) is 0 Å². The van der Waals surface area contributed by atoms with Crippen LogP contribution in [0.15, 0.2) is 66.9 Å². The summed E-state index contributed by atoms with van der Waals surface area (Å²) in [5.41, 5.74) is 2.86. The van der Waals surface area contributed by atoms with E-state index in [1.165, 1.54) is 6.07 Å². The van der Waals surface area contributed by atoms with Crippen LogP contribution in [0.25, 0.3) is 22.2 Å². The van der Waals surface area contributed by atoms with Crippen molar-refractivity contribution in [1.82, 2.24) is 9.97 Å². The normalized spacial score (nSPS) is 15.7. The fourth-order valence-electron chi connectivity index (χ4n) is 4.43. The number of carbonyl (C=O) groups is 1. The first-order valence-electron chi connectivity index (χ1n) is 11.6. The topological polar surface area (TPSA) is 70.2 Å². The van der Waals surface area contributed by atoms with Gasteiger partial charge in [0.15, 0.2) is 5.82 Å². The molecule has 4 aromatic rings. The molecule has 0 saturated carbocycles. The molecule has 1 atom stereocenters. The van der Waals surface area contributed by atoms with Crippen LogP contribution in [-0.4, -0.2) is 28.6 Å². The van der Waals surface area contributed by atoms with Gasteiger partial charge < -0.3 is 10.6 Å². The van der Waals surface area contributed by atoms with Gasteiger partial charge in [0.1, 0.15) is 0 Å². The third kappa shape index (κ3) is 4.44. The summed E-state index contributed by atoms with van der Waals surface area (Å²) in [6.45, 7) is 4.46. The summed E-state index contributed by atoms with van der Waals surface area (Å²) in [5.74, 6) is 0.364. The first kappa shape index (κ1) is 23.6. The average molecular weight is 492 g/mol. The molecule has 2 aromatic carbocycles. The number of hydrogen-bond donors (Lipinski definition) is 2. The van der Waals surface area contributed by atoms with Gasteiger partial charge in [-0.25, -0.2) is 9.78 Å². The number of benzene rings is 2. The van der Waals surface area contributed by atoms with Crippen LogP contribution >= 0.6 is 0 Å². The number of carbonyl (C=O) groups excluding carboxylic acids is 1. The molecule has 184 valence electrons. The van der Waals surface area contributed by atoms with Crippen molar-refractivity contribution in [3.8, 4) is 11.3 Å². The number of pyridine rings is 2. The molecule has 2 N–H and O–H groups in total. The molecule has 3 heterocycles. The SMILES string of the molecule is Cc1ccc2ncccc2c1NC(=O)N1c2nc(-c3cccc(C(F)(F)F)c3)ccc2NCC[C@H]1C. The number of nitrogens with one attached hydrogen (secondary N) is 2. The summed E-state index contributed by atoms with van der Waals surface area (Å²) < 4.78 is 39.9. The Morgan fingerprint density at radius 1 is 1.11 bits per heavy atom. The number of halogens is 3. The Morgan fingerprint density at radius 2 is 1.94 bits per heavy atom. The van der Waals surface area contributed by atoms with Gasteiger partial charge in [0, 0.05) is 29.7 Å². The van der Waals surface area contributed by atoms with Crippen LogP contribution in [0.5, 0.6) is 0 Å². The molecule has 2 aromatic heterocycles. The molecule has 1 aliphatic heterocycles. The molecule has 0 saturated heterocycles. The van der Waals surface area contributed by atoms with E-state index in [2.05, 4.69) is 20.6 Å². The number of rotatable bonds is 2. The van der Waals surface area contributed by atoms with Gasteiger partial charge in [0.05, 0.1) is 28.1 Å². The second-order valence-corrected chi connectivity index (χ2v) is 8.84. The summed E-state index contributed by atoms with van der Waals surface area (Å²) in [4.78, 5) is 24.3. The van der Waals surface area contributed by atoms with Crippen LogP contribution in [0.2, 0.25) is 0 Å². The number of aryl methyl sites for hydroxylation is 1. The van der Waals surface area contributed by atoms with E-state index in [9.17, 15) is 18.0 Å². The standard InChI is InChI=1S/C27H24F3N5O/c1-16-8-9-22-20(7-4-13-31-22)24(16)34-26(36)35-17(2)12-14-32-23-11-10-21(33-25(23)35)18-5-3-6-19(15-18)27(28,29)30/h3-11,13,15,17,32H,12,14H2,1-2H3,(H,34,36)/t17-/m1/s1. The van der Waals surface area contributed by atoms with Crippen LogP contribution in [0, 0.1) is 6.92 Å². The molecule has 0 aliphatic carbocycles. The fourth-order valence-corrected chi connectivity index (χ4v) is 4.43. The van der Waals surface area contributed by atoms with Crippen molar-refractivity contribution in [2.45, 2.75) is 32.5 Å². The lowest BCUT2D eigenvalue weighted by molar-refractivity contribution is -0.137. The zero-order chi connectivity index (χ0) is 25.4. The van der Waals surface area contributed by atoms with Crippen LogP contribution in [0.1, 0.15) is 24.5 Å². The Balaban J connectivity index is 1.56. The van der Waals surface area contributed by atoms with Crippen LogP contribution in [-0.2, 0) is 6.18 Å². The third-order valence-corrected chi connectivity index (χ3v) is 6.35. The number of anilines is 3. The monoisotopic (exact) mass is 491 g/mol. The highest BCUT2D eigenvalue weighted by atomic mass is 19.4. The van der Waals surface area contributed by atoms with E-state index in [0.29, 0.717) is 41.4 Å². The van der Waals surface area contributed by atoms with Crippen LogP contribution < -0.4 is 15.5 Å². The van der Waals surface area contributed by atoms with E-state index in [0.717, 1.165) is 28.6 Å². The highest BCUT2D eigenvalue weighted by Crippen LogP contribution is 2.36. The van der Waals surface area contributed by atoms with Gasteiger partial charge >= 0.3 is 12.2 Å². The van der Waals surface area contributed by atoms with Crippen molar-refractivity contribution >= 4 is 34.1 Å². The van der Waals surface area contributed by atoms with Gasteiger partial charge in [0.25, 0.3) is 0 Å². The quantitative estimate of drug-likeness (QED) is 0.321. The van der Waals surface area contributed by atoms with Crippen molar-refractivity contribution in [3.63, 3.8) is 0 Å². The average Bonchev–Trinajstić information content (AvgIpc) is 3.02. The van der Waals surface area contributed by atoms with Gasteiger partial charge in [-0.1, -0.05) is 18.2 Å². The highest BCUT2D eigenvalue weighted by Gasteiger charge is 2.32. The lowest BCUT2D eigenvalue weighted by Crippen LogP contribution is -2.42. The highest BCUT2D eigenvalue weighted by molar-refractivity contribution is 6.08. The third-order valence-electron chi connectivity index (χ3n) is 6.35. The largest absolute Gasteiger partial charge is 0.416 e. The summed E-state index contributed by atoms with van der Waals surface area (Å²) in [5, 5.41) is 7.14. The Kier molecular flexibility index (Phi) is 5.99. The minimum Gasteiger partial charge on any atom is -0.382 e. The lowest BCUT2D eigenvalue weighted by atomic mass is 10.1. The first-order chi connectivity index (χ1) is 17.2. The minimum absolute atomic E-state index is 0.212. The molecule has 0 fully saturated rings. The van der Waals surface area contributed by atoms with E-state index < -0.39 is 11.7 Å². The number of fused-ring (bicyclic) bond motifs is 2. The first-order valence-corrected chi connectivity index (χ1v) is 11.6. The molecule has 9 heteroatoms. The number of hydrogen-bond acceptors (Lipinski definition) is 4. The maximum absolute atomic E-state index is 13.7. The maximum atomic E-state index is 13.7. The van der Waals surface area contributed by atoms with E-state index >= 15 is 0 Å². The molecule has 0 radical (unpaired) electrons. The lowest BCUT2D eigenvalue weighted by Gasteiger charge is -2.28. The van der Waals surface area contributed by atoms with Gasteiger partial charge in [-0.2, -0.15) is 13.2 Å². The Hall–Kier alpha value is -4.14. The molecule has 1 aliphatic rings. The minimum atomic E-state index is -4.46. The maximum Gasteiger partial charge on any atom is 0.416 e. The van der Waals surface area contributed by atoms with Crippen molar-refractivity contribution in [2.24, 2.45) is 0 Å². The zero-order valence-corrected chi connectivity index (χ0v) is 19.7. The number of aromatic nitrogens is 2. The number of urea groups is 1. The summed E-state index contributed by atoms with van der Waals surface area (Å²) >= 11 is 0. The second kappa shape index (κ2) is 9.14. The van der Waals surface area contributed by atoms with Crippen molar-refractivity contribution in [2.75, 3.05) is 22.1 Å². The van der Waals surface area contributed by atoms with Crippen molar-refractivity contribution in [3.05, 3.63) is 78.0 Å². The number of alkyl halides is 3. The van der Waals surface area contributed by atoms with E-state index in [1.54, 1.807) is 29.3 Å². The molecular weight excluding hydrogens is 467 g/mol. The Morgan fingerprint density at radius 3 is 2.75 bits per heavy atom. The van der Waals surface area contributed by atoms with Crippen LogP contribution in [0.4, 0.5) is 35.2 Å². The Bertz CT molecular complexity index is 1450.